The Morgan fingerprint density at radius 3 is 1.68 bits per heavy atom. The van der Waals surface area contributed by atoms with Crippen LogP contribution in [-0.4, -0.2) is 15.0 Å². The van der Waals surface area contributed by atoms with Crippen molar-refractivity contribution in [2.24, 2.45) is 0 Å². The predicted octanol–water partition coefficient (Wildman–Crippen LogP) is 11.7. The molecular weight excluding hydrogens is 591 g/mol. The molecule has 0 fully saturated rings. The number of nitrogens with zero attached hydrogens (tertiary/aromatic N) is 3. The molecule has 4 heteroatoms. The van der Waals surface area contributed by atoms with Crippen molar-refractivity contribution in [3.63, 3.8) is 0 Å². The van der Waals surface area contributed by atoms with Gasteiger partial charge in [0.1, 0.15) is 0 Å². The van der Waals surface area contributed by atoms with Crippen LogP contribution in [0.3, 0.4) is 0 Å². The first-order chi connectivity index (χ1) is 23.3. The van der Waals surface area contributed by atoms with Gasteiger partial charge >= 0.3 is 0 Å². The molecular formula is C43H27N3S. The van der Waals surface area contributed by atoms with E-state index in [-0.39, 0.29) is 0 Å². The van der Waals surface area contributed by atoms with Gasteiger partial charge in [-0.3, -0.25) is 0 Å². The highest BCUT2D eigenvalue weighted by Crippen LogP contribution is 2.40. The van der Waals surface area contributed by atoms with Crippen molar-refractivity contribution in [2.75, 3.05) is 0 Å². The molecule has 3 nitrogen and oxygen atoms in total. The highest BCUT2D eigenvalue weighted by atomic mass is 32.1. The zero-order valence-electron chi connectivity index (χ0n) is 25.3. The molecule has 0 bridgehead atoms. The Morgan fingerprint density at radius 1 is 0.340 bits per heavy atom. The van der Waals surface area contributed by atoms with Gasteiger partial charge in [-0.05, 0) is 57.3 Å². The topological polar surface area (TPSA) is 38.7 Å². The van der Waals surface area contributed by atoms with Crippen molar-refractivity contribution >= 4 is 42.3 Å². The van der Waals surface area contributed by atoms with Gasteiger partial charge in [-0.2, -0.15) is 0 Å². The molecule has 0 aliphatic rings. The first-order valence-corrected chi connectivity index (χ1v) is 16.5. The van der Waals surface area contributed by atoms with Crippen LogP contribution in [0.1, 0.15) is 0 Å². The molecule has 7 aromatic carbocycles. The molecule has 0 atom stereocenters. The minimum atomic E-state index is 0.650. The number of aromatic nitrogens is 3. The lowest BCUT2D eigenvalue weighted by Gasteiger charge is -2.12. The molecule has 220 valence electrons. The molecule has 0 N–H and O–H groups in total. The molecule has 2 aromatic heterocycles. The zero-order chi connectivity index (χ0) is 31.2. The summed E-state index contributed by atoms with van der Waals surface area (Å²) in [5, 5.41) is 4.74. The second-order valence-corrected chi connectivity index (χ2v) is 12.7. The summed E-state index contributed by atoms with van der Waals surface area (Å²) in [6.45, 7) is 0. The highest BCUT2D eigenvalue weighted by Gasteiger charge is 2.18. The molecule has 47 heavy (non-hydrogen) atoms. The predicted molar refractivity (Wildman–Crippen MR) is 197 cm³/mol. The number of hydrogen-bond donors (Lipinski definition) is 0. The van der Waals surface area contributed by atoms with Crippen molar-refractivity contribution in [1.82, 2.24) is 15.0 Å². The molecule has 0 spiro atoms. The second-order valence-electron chi connectivity index (χ2n) is 11.6. The largest absolute Gasteiger partial charge is 0.208 e. The molecule has 0 amide bonds. The van der Waals surface area contributed by atoms with E-state index < -0.39 is 0 Å². The van der Waals surface area contributed by atoms with Gasteiger partial charge < -0.3 is 0 Å². The summed E-state index contributed by atoms with van der Waals surface area (Å²) in [4.78, 5) is 15.5. The van der Waals surface area contributed by atoms with Gasteiger partial charge in [0.25, 0.3) is 0 Å². The van der Waals surface area contributed by atoms with Crippen molar-refractivity contribution < 1.29 is 0 Å². The second kappa shape index (κ2) is 11.4. The first kappa shape index (κ1) is 27.3. The van der Waals surface area contributed by atoms with Crippen LogP contribution < -0.4 is 0 Å². The maximum Gasteiger partial charge on any atom is 0.165 e. The number of thiophene rings is 1. The summed E-state index contributed by atoms with van der Waals surface area (Å²) < 4.78 is 2.44. The minimum absolute atomic E-state index is 0.650. The van der Waals surface area contributed by atoms with E-state index in [2.05, 4.69) is 158 Å². The third-order valence-electron chi connectivity index (χ3n) is 8.73. The van der Waals surface area contributed by atoms with Crippen LogP contribution in [0.15, 0.2) is 164 Å². The molecule has 9 rings (SSSR count). The van der Waals surface area contributed by atoms with Gasteiger partial charge in [0.15, 0.2) is 17.5 Å². The highest BCUT2D eigenvalue weighted by molar-refractivity contribution is 7.26. The Kier molecular flexibility index (Phi) is 6.65. The van der Waals surface area contributed by atoms with E-state index in [1.54, 1.807) is 11.3 Å². The van der Waals surface area contributed by atoms with Crippen molar-refractivity contribution in [3.05, 3.63) is 164 Å². The minimum Gasteiger partial charge on any atom is -0.208 e. The average molecular weight is 618 g/mol. The number of fused-ring (bicyclic) bond motifs is 4. The van der Waals surface area contributed by atoms with Crippen LogP contribution in [0, 0.1) is 0 Å². The lowest BCUT2D eigenvalue weighted by molar-refractivity contribution is 1.08. The van der Waals surface area contributed by atoms with E-state index >= 15 is 0 Å². The molecule has 9 aromatic rings. The summed E-state index contributed by atoms with van der Waals surface area (Å²) >= 11 is 1.79. The van der Waals surface area contributed by atoms with Gasteiger partial charge in [0.2, 0.25) is 0 Å². The molecule has 2 heterocycles. The summed E-state index contributed by atoms with van der Waals surface area (Å²) in [6.07, 6.45) is 0. The fourth-order valence-corrected chi connectivity index (χ4v) is 7.65. The Hall–Kier alpha value is -5.97. The third-order valence-corrected chi connectivity index (χ3v) is 9.95. The van der Waals surface area contributed by atoms with Crippen LogP contribution in [0.5, 0.6) is 0 Å². The Labute approximate surface area is 276 Å². The standard InChI is InChI=1S/C43H27N3S/c1-2-12-28(13-3-1)30-16-8-17-31(26-30)32-18-9-19-33(27-32)41-44-42(37-23-10-15-29-14-4-5-20-34(29)37)46-43(45-41)38-24-11-22-36-35-21-6-7-25-39(35)47-40(36)38/h1-27H. The Morgan fingerprint density at radius 2 is 0.851 bits per heavy atom. The van der Waals surface area contributed by atoms with E-state index in [0.29, 0.717) is 17.5 Å². The lowest BCUT2D eigenvalue weighted by Crippen LogP contribution is -2.00. The summed E-state index contributed by atoms with van der Waals surface area (Å²) in [5.74, 6) is 1.99. The van der Waals surface area contributed by atoms with E-state index in [1.807, 2.05) is 6.07 Å². The van der Waals surface area contributed by atoms with Gasteiger partial charge in [0, 0.05) is 36.9 Å². The maximum absolute atomic E-state index is 5.18. The first-order valence-electron chi connectivity index (χ1n) is 15.7. The molecule has 0 saturated heterocycles. The summed E-state index contributed by atoms with van der Waals surface area (Å²) in [5.41, 5.74) is 7.59. The summed E-state index contributed by atoms with van der Waals surface area (Å²) in [6, 6.07) is 57.4. The van der Waals surface area contributed by atoms with E-state index in [0.717, 1.165) is 38.6 Å². The van der Waals surface area contributed by atoms with E-state index in [1.165, 1.54) is 31.3 Å². The van der Waals surface area contributed by atoms with Crippen LogP contribution in [-0.2, 0) is 0 Å². The number of hydrogen-bond acceptors (Lipinski definition) is 4. The van der Waals surface area contributed by atoms with E-state index in [4.69, 9.17) is 15.0 Å². The summed E-state index contributed by atoms with van der Waals surface area (Å²) in [7, 11) is 0. The number of rotatable bonds is 5. The van der Waals surface area contributed by atoms with E-state index in [9.17, 15) is 0 Å². The lowest BCUT2D eigenvalue weighted by atomic mass is 9.98. The quantitative estimate of drug-likeness (QED) is 0.193. The maximum atomic E-state index is 5.18. The number of benzene rings is 7. The van der Waals surface area contributed by atoms with Gasteiger partial charge in [0.05, 0.1) is 0 Å². The monoisotopic (exact) mass is 617 g/mol. The molecule has 0 radical (unpaired) electrons. The van der Waals surface area contributed by atoms with Crippen LogP contribution in [0.25, 0.3) is 87.4 Å². The molecule has 0 saturated carbocycles. The Bertz CT molecular complexity index is 2580. The van der Waals surface area contributed by atoms with Crippen LogP contribution >= 0.6 is 11.3 Å². The fraction of sp³-hybridized carbons (Fsp3) is 0. The third kappa shape index (κ3) is 4.96. The van der Waals surface area contributed by atoms with Crippen molar-refractivity contribution in [3.8, 4) is 56.4 Å². The molecule has 0 aliphatic carbocycles. The average Bonchev–Trinajstić information content (AvgIpc) is 3.54. The van der Waals surface area contributed by atoms with Gasteiger partial charge in [-0.25, -0.2) is 15.0 Å². The van der Waals surface area contributed by atoms with Crippen LogP contribution in [0.4, 0.5) is 0 Å². The zero-order valence-corrected chi connectivity index (χ0v) is 26.2. The Balaban J connectivity index is 1.24. The van der Waals surface area contributed by atoms with Crippen LogP contribution in [0.2, 0.25) is 0 Å². The molecule has 0 aliphatic heterocycles. The van der Waals surface area contributed by atoms with Crippen molar-refractivity contribution in [2.45, 2.75) is 0 Å². The smallest absolute Gasteiger partial charge is 0.165 e. The van der Waals surface area contributed by atoms with Crippen molar-refractivity contribution in [1.29, 1.82) is 0 Å². The molecule has 0 unspecified atom stereocenters. The van der Waals surface area contributed by atoms with Gasteiger partial charge in [-0.15, -0.1) is 11.3 Å². The normalized spacial score (nSPS) is 11.4. The fourth-order valence-electron chi connectivity index (χ4n) is 6.44. The SMILES string of the molecule is c1ccc(-c2cccc(-c3cccc(-c4nc(-c5cccc6ccccc56)nc(-c5cccc6c5sc5ccccc56)n4)c3)c2)cc1. The van der Waals surface area contributed by atoms with Gasteiger partial charge in [-0.1, -0.05) is 140 Å².